The normalized spacial score (nSPS) is 15.0. The Morgan fingerprint density at radius 1 is 1.22 bits per heavy atom. The average Bonchev–Trinajstić information content (AvgIpc) is 2.53. The third kappa shape index (κ3) is 3.47. The Labute approximate surface area is 133 Å². The van der Waals surface area contributed by atoms with E-state index in [0.29, 0.717) is 11.1 Å². The predicted octanol–water partition coefficient (Wildman–Crippen LogP) is 1.89. The number of halogens is 2. The summed E-state index contributed by atoms with van der Waals surface area (Å²) < 4.78 is 36.9. The fourth-order valence-corrected chi connectivity index (χ4v) is 2.31. The molecule has 2 unspecified atom stereocenters. The van der Waals surface area contributed by atoms with Crippen molar-refractivity contribution in [3.63, 3.8) is 0 Å². The zero-order chi connectivity index (χ0) is 17.0. The average molecular weight is 323 g/mol. The summed E-state index contributed by atoms with van der Waals surface area (Å²) in [5.74, 6) is -1.17. The predicted molar refractivity (Wildman–Crippen MR) is 81.7 cm³/mol. The van der Waals surface area contributed by atoms with Crippen LogP contribution in [0.5, 0.6) is 5.75 Å². The van der Waals surface area contributed by atoms with Crippen LogP contribution in [0.1, 0.15) is 18.1 Å². The standard InChI is InChI=1S/C16H19F2N3O2/c1-10(19)16(20,12-4-6-15(18)21-8-12)11-3-5-13(17)14(7-11)23-9-22-2/h3-8,10H,9,19-20H2,1-2H3. The lowest BCUT2D eigenvalue weighted by Crippen LogP contribution is -2.52. The van der Waals surface area contributed by atoms with E-state index in [2.05, 4.69) is 4.98 Å². The summed E-state index contributed by atoms with van der Waals surface area (Å²) in [4.78, 5) is 3.62. The molecule has 124 valence electrons. The number of rotatable bonds is 6. The molecule has 0 aliphatic heterocycles. The molecular formula is C16H19F2N3O2. The lowest BCUT2D eigenvalue weighted by molar-refractivity contribution is 0.0481. The Balaban J connectivity index is 2.51. The summed E-state index contributed by atoms with van der Waals surface area (Å²) >= 11 is 0. The Morgan fingerprint density at radius 2 is 1.91 bits per heavy atom. The van der Waals surface area contributed by atoms with Gasteiger partial charge in [0.1, 0.15) is 0 Å². The van der Waals surface area contributed by atoms with Crippen molar-refractivity contribution in [2.24, 2.45) is 11.5 Å². The minimum atomic E-state index is -1.18. The van der Waals surface area contributed by atoms with Gasteiger partial charge in [-0.3, -0.25) is 0 Å². The molecule has 0 radical (unpaired) electrons. The number of pyridine rings is 1. The smallest absolute Gasteiger partial charge is 0.212 e. The highest BCUT2D eigenvalue weighted by atomic mass is 19.1. The summed E-state index contributed by atoms with van der Waals surface area (Å²) in [6.45, 7) is 1.61. The molecule has 0 aliphatic rings. The first-order valence-electron chi connectivity index (χ1n) is 6.97. The molecule has 0 saturated heterocycles. The van der Waals surface area contributed by atoms with Crippen LogP contribution in [0, 0.1) is 11.8 Å². The molecule has 5 nitrogen and oxygen atoms in total. The molecule has 2 rings (SSSR count). The van der Waals surface area contributed by atoms with Gasteiger partial charge in [0.15, 0.2) is 18.4 Å². The van der Waals surface area contributed by atoms with Crippen LogP contribution in [-0.4, -0.2) is 24.9 Å². The SMILES string of the molecule is COCOc1cc(C(N)(c2ccc(F)nc2)C(C)N)ccc1F. The van der Waals surface area contributed by atoms with Crippen molar-refractivity contribution in [1.82, 2.24) is 4.98 Å². The molecular weight excluding hydrogens is 304 g/mol. The Kier molecular flexibility index (Phi) is 5.25. The number of methoxy groups -OCH3 is 1. The molecule has 2 aromatic rings. The molecule has 1 aromatic heterocycles. The maximum absolute atomic E-state index is 13.8. The number of hydrogen-bond acceptors (Lipinski definition) is 5. The van der Waals surface area contributed by atoms with E-state index >= 15 is 0 Å². The van der Waals surface area contributed by atoms with Crippen LogP contribution in [0.25, 0.3) is 0 Å². The van der Waals surface area contributed by atoms with E-state index < -0.39 is 23.3 Å². The molecule has 0 spiro atoms. The van der Waals surface area contributed by atoms with E-state index in [4.69, 9.17) is 20.9 Å². The minimum Gasteiger partial charge on any atom is -0.464 e. The van der Waals surface area contributed by atoms with E-state index in [1.807, 2.05) is 0 Å². The van der Waals surface area contributed by atoms with Crippen LogP contribution >= 0.6 is 0 Å². The van der Waals surface area contributed by atoms with E-state index in [9.17, 15) is 8.78 Å². The summed E-state index contributed by atoms with van der Waals surface area (Å²) in [5, 5.41) is 0. The summed E-state index contributed by atoms with van der Waals surface area (Å²) in [7, 11) is 1.43. The maximum atomic E-state index is 13.8. The Bertz CT molecular complexity index is 665. The van der Waals surface area contributed by atoms with Crippen molar-refractivity contribution in [2.45, 2.75) is 18.5 Å². The van der Waals surface area contributed by atoms with Crippen LogP contribution in [0.15, 0.2) is 36.5 Å². The van der Waals surface area contributed by atoms with Gasteiger partial charge in [-0.2, -0.15) is 4.39 Å². The van der Waals surface area contributed by atoms with Crippen molar-refractivity contribution < 1.29 is 18.3 Å². The van der Waals surface area contributed by atoms with E-state index in [0.717, 1.165) is 0 Å². The van der Waals surface area contributed by atoms with Crippen LogP contribution in [0.3, 0.4) is 0 Å². The topological polar surface area (TPSA) is 83.4 Å². The first-order chi connectivity index (χ1) is 10.9. The highest BCUT2D eigenvalue weighted by Crippen LogP contribution is 2.32. The second-order valence-corrected chi connectivity index (χ2v) is 5.22. The van der Waals surface area contributed by atoms with Crippen molar-refractivity contribution >= 4 is 0 Å². The zero-order valence-corrected chi connectivity index (χ0v) is 12.9. The fourth-order valence-electron chi connectivity index (χ4n) is 2.31. The van der Waals surface area contributed by atoms with Gasteiger partial charge in [-0.05, 0) is 36.2 Å². The molecule has 0 aliphatic carbocycles. The van der Waals surface area contributed by atoms with Crippen LogP contribution in [-0.2, 0) is 10.3 Å². The maximum Gasteiger partial charge on any atom is 0.212 e. The zero-order valence-electron chi connectivity index (χ0n) is 12.9. The lowest BCUT2D eigenvalue weighted by atomic mass is 9.79. The van der Waals surface area contributed by atoms with Gasteiger partial charge in [0.25, 0.3) is 0 Å². The van der Waals surface area contributed by atoms with Gasteiger partial charge in [0.05, 0.1) is 5.54 Å². The third-order valence-corrected chi connectivity index (χ3v) is 3.66. The van der Waals surface area contributed by atoms with Gasteiger partial charge in [0, 0.05) is 19.3 Å². The highest BCUT2D eigenvalue weighted by molar-refractivity contribution is 5.42. The van der Waals surface area contributed by atoms with Crippen molar-refractivity contribution in [2.75, 3.05) is 13.9 Å². The fraction of sp³-hybridized carbons (Fsp3) is 0.312. The molecule has 2 atom stereocenters. The largest absolute Gasteiger partial charge is 0.464 e. The van der Waals surface area contributed by atoms with E-state index in [1.54, 1.807) is 6.92 Å². The van der Waals surface area contributed by atoms with Crippen LogP contribution < -0.4 is 16.2 Å². The van der Waals surface area contributed by atoms with E-state index in [-0.39, 0.29) is 12.5 Å². The van der Waals surface area contributed by atoms with Gasteiger partial charge >= 0.3 is 0 Å². The number of aromatic nitrogens is 1. The number of hydrogen-bond donors (Lipinski definition) is 2. The summed E-state index contributed by atoms with van der Waals surface area (Å²) in [6, 6.07) is 6.37. The summed E-state index contributed by atoms with van der Waals surface area (Å²) in [5.41, 5.74) is 12.4. The van der Waals surface area contributed by atoms with Crippen LogP contribution in [0.2, 0.25) is 0 Å². The Hall–Kier alpha value is -2.09. The highest BCUT2D eigenvalue weighted by Gasteiger charge is 2.35. The molecule has 4 N–H and O–H groups in total. The number of benzene rings is 1. The van der Waals surface area contributed by atoms with Crippen LogP contribution in [0.4, 0.5) is 8.78 Å². The molecule has 0 amide bonds. The molecule has 0 saturated carbocycles. The second kappa shape index (κ2) is 6.99. The van der Waals surface area contributed by atoms with Gasteiger partial charge in [-0.15, -0.1) is 0 Å². The van der Waals surface area contributed by atoms with Crippen molar-refractivity contribution in [3.05, 3.63) is 59.4 Å². The van der Waals surface area contributed by atoms with Crippen molar-refractivity contribution in [1.29, 1.82) is 0 Å². The first-order valence-corrected chi connectivity index (χ1v) is 6.97. The number of nitrogens with zero attached hydrogens (tertiary/aromatic N) is 1. The van der Waals surface area contributed by atoms with E-state index in [1.165, 1.54) is 43.6 Å². The third-order valence-electron chi connectivity index (χ3n) is 3.66. The number of ether oxygens (including phenoxy) is 2. The molecule has 7 heteroatoms. The monoisotopic (exact) mass is 323 g/mol. The molecule has 0 bridgehead atoms. The lowest BCUT2D eigenvalue weighted by Gasteiger charge is -2.34. The van der Waals surface area contributed by atoms with Crippen molar-refractivity contribution in [3.8, 4) is 5.75 Å². The molecule has 23 heavy (non-hydrogen) atoms. The quantitative estimate of drug-likeness (QED) is 0.626. The number of nitrogens with two attached hydrogens (primary N) is 2. The Morgan fingerprint density at radius 3 is 2.48 bits per heavy atom. The second-order valence-electron chi connectivity index (χ2n) is 5.22. The van der Waals surface area contributed by atoms with Gasteiger partial charge in [-0.1, -0.05) is 12.1 Å². The van der Waals surface area contributed by atoms with Gasteiger partial charge in [0.2, 0.25) is 5.95 Å². The summed E-state index contributed by atoms with van der Waals surface area (Å²) in [6.07, 6.45) is 1.32. The van der Waals surface area contributed by atoms with Gasteiger partial charge < -0.3 is 20.9 Å². The minimum absolute atomic E-state index is 0.00473. The first kappa shape index (κ1) is 17.3. The van der Waals surface area contributed by atoms with Gasteiger partial charge in [-0.25, -0.2) is 9.37 Å². The molecule has 1 heterocycles. The molecule has 0 fully saturated rings. The molecule has 1 aromatic carbocycles.